The van der Waals surface area contributed by atoms with E-state index in [0.29, 0.717) is 0 Å². The van der Waals surface area contributed by atoms with Gasteiger partial charge < -0.3 is 48.1 Å². The molecule has 2 bridgehead atoms. The molecular formula is C20H28O14. The van der Waals surface area contributed by atoms with E-state index in [-0.39, 0.29) is 6.61 Å². The van der Waals surface area contributed by atoms with Crippen molar-refractivity contribution in [3.63, 3.8) is 0 Å². The number of esters is 4. The normalized spacial score (nSPS) is 39.1. The predicted molar refractivity (Wildman–Crippen MR) is 103 cm³/mol. The molecule has 2 N–H and O–H groups in total. The molecule has 3 fully saturated rings. The lowest BCUT2D eigenvalue weighted by molar-refractivity contribution is -0.339. The fourth-order valence-electron chi connectivity index (χ4n) is 3.99. The highest BCUT2D eigenvalue weighted by atomic mass is 16.8. The molecule has 0 aromatic rings. The van der Waals surface area contributed by atoms with Crippen LogP contribution in [-0.2, 0) is 57.1 Å². The first-order chi connectivity index (χ1) is 16.0. The lowest BCUT2D eigenvalue weighted by atomic mass is 9.97. The van der Waals surface area contributed by atoms with Crippen LogP contribution in [0, 0.1) is 0 Å². The standard InChI is InChI=1S/C20H28O14/c1-7(21)27-5-11-15(29-8(2)22)13(25)14(26)19(32-11)34-16-12-6-28-20(33-12)18(31-10(4)24)17(16)30-9(3)23/h11-20,25-26H,5-6H2,1-4H3/t11-,12-,13-,14+,15-,16-,17+,18-,19+,20-/m1/s1. The van der Waals surface area contributed by atoms with Crippen molar-refractivity contribution in [3.8, 4) is 0 Å². The summed E-state index contributed by atoms with van der Waals surface area (Å²) in [7, 11) is 0. The second-order valence-corrected chi connectivity index (χ2v) is 8.03. The Morgan fingerprint density at radius 1 is 0.765 bits per heavy atom. The van der Waals surface area contributed by atoms with Crippen LogP contribution in [0.2, 0.25) is 0 Å². The van der Waals surface area contributed by atoms with Gasteiger partial charge in [-0.25, -0.2) is 0 Å². The average molecular weight is 492 g/mol. The Morgan fingerprint density at radius 2 is 1.35 bits per heavy atom. The highest BCUT2D eigenvalue weighted by Gasteiger charge is 2.57. The topological polar surface area (TPSA) is 183 Å². The van der Waals surface area contributed by atoms with Crippen molar-refractivity contribution in [3.05, 3.63) is 0 Å². The maximum atomic E-state index is 11.8. The number of hydrogen-bond donors (Lipinski definition) is 2. The largest absolute Gasteiger partial charge is 0.463 e. The van der Waals surface area contributed by atoms with Gasteiger partial charge in [-0.15, -0.1) is 0 Å². The van der Waals surface area contributed by atoms with Gasteiger partial charge in [-0.3, -0.25) is 19.2 Å². The smallest absolute Gasteiger partial charge is 0.303 e. The molecule has 0 aromatic heterocycles. The second-order valence-electron chi connectivity index (χ2n) is 8.03. The summed E-state index contributed by atoms with van der Waals surface area (Å²) in [6.07, 6.45) is -12.9. The molecule has 34 heavy (non-hydrogen) atoms. The van der Waals surface area contributed by atoms with E-state index in [2.05, 4.69) is 0 Å². The van der Waals surface area contributed by atoms with Crippen molar-refractivity contribution in [2.45, 2.75) is 89.1 Å². The summed E-state index contributed by atoms with van der Waals surface area (Å²) in [6.45, 7) is 4.12. The Hall–Kier alpha value is -2.36. The summed E-state index contributed by atoms with van der Waals surface area (Å²) >= 11 is 0. The van der Waals surface area contributed by atoms with E-state index < -0.39 is 91.9 Å². The van der Waals surface area contributed by atoms with Crippen LogP contribution in [0.3, 0.4) is 0 Å². The first kappa shape index (κ1) is 26.2. The number of aliphatic hydroxyl groups excluding tert-OH is 2. The van der Waals surface area contributed by atoms with Crippen molar-refractivity contribution in [2.75, 3.05) is 13.2 Å². The van der Waals surface area contributed by atoms with Crippen LogP contribution in [0.25, 0.3) is 0 Å². The molecule has 14 nitrogen and oxygen atoms in total. The van der Waals surface area contributed by atoms with Crippen LogP contribution < -0.4 is 0 Å². The zero-order chi connectivity index (χ0) is 25.2. The molecule has 0 unspecified atom stereocenters. The molecule has 0 aromatic carbocycles. The van der Waals surface area contributed by atoms with Crippen molar-refractivity contribution >= 4 is 23.9 Å². The number of fused-ring (bicyclic) bond motifs is 2. The molecule has 3 aliphatic rings. The zero-order valence-corrected chi connectivity index (χ0v) is 19.0. The van der Waals surface area contributed by atoms with Gasteiger partial charge in [0.15, 0.2) is 30.9 Å². The van der Waals surface area contributed by atoms with E-state index in [4.69, 9.17) is 37.9 Å². The molecule has 0 amide bonds. The van der Waals surface area contributed by atoms with Crippen molar-refractivity contribution < 1.29 is 67.3 Å². The quantitative estimate of drug-likeness (QED) is 0.292. The summed E-state index contributed by atoms with van der Waals surface area (Å²) in [5.74, 6) is -2.81. The first-order valence-electron chi connectivity index (χ1n) is 10.6. The predicted octanol–water partition coefficient (Wildman–Crippen LogP) is -2.07. The molecule has 10 atom stereocenters. The Kier molecular flexibility index (Phi) is 8.43. The molecule has 3 aliphatic heterocycles. The van der Waals surface area contributed by atoms with Crippen LogP contribution in [0.15, 0.2) is 0 Å². The molecule has 0 spiro atoms. The van der Waals surface area contributed by atoms with Crippen molar-refractivity contribution in [1.29, 1.82) is 0 Å². The van der Waals surface area contributed by atoms with E-state index in [1.165, 1.54) is 0 Å². The molecule has 0 aliphatic carbocycles. The van der Waals surface area contributed by atoms with Gasteiger partial charge in [0.25, 0.3) is 0 Å². The Morgan fingerprint density at radius 3 is 1.94 bits per heavy atom. The van der Waals surface area contributed by atoms with Gasteiger partial charge in [0.2, 0.25) is 0 Å². The highest BCUT2D eigenvalue weighted by molar-refractivity contribution is 5.68. The number of aliphatic hydroxyl groups is 2. The van der Waals surface area contributed by atoms with Gasteiger partial charge in [-0.2, -0.15) is 0 Å². The maximum absolute atomic E-state index is 11.8. The zero-order valence-electron chi connectivity index (χ0n) is 19.0. The first-order valence-corrected chi connectivity index (χ1v) is 10.6. The lowest BCUT2D eigenvalue weighted by Gasteiger charge is -2.45. The Bertz CT molecular complexity index is 785. The van der Waals surface area contributed by atoms with Gasteiger partial charge >= 0.3 is 23.9 Å². The number of carbonyl (C=O) groups excluding carboxylic acids is 4. The monoisotopic (exact) mass is 492 g/mol. The Labute approximate surface area is 194 Å². The molecule has 0 radical (unpaired) electrons. The van der Waals surface area contributed by atoms with E-state index >= 15 is 0 Å². The lowest BCUT2D eigenvalue weighted by Crippen LogP contribution is -2.64. The van der Waals surface area contributed by atoms with Crippen LogP contribution in [0.5, 0.6) is 0 Å². The van der Waals surface area contributed by atoms with E-state index in [0.717, 1.165) is 27.7 Å². The van der Waals surface area contributed by atoms with Crippen LogP contribution in [0.4, 0.5) is 0 Å². The third kappa shape index (κ3) is 6.00. The summed E-state index contributed by atoms with van der Waals surface area (Å²) < 4.78 is 43.2. The molecule has 3 heterocycles. The minimum absolute atomic E-state index is 0.0107. The fraction of sp³-hybridized carbons (Fsp3) is 0.800. The third-order valence-corrected chi connectivity index (χ3v) is 5.30. The molecule has 0 saturated carbocycles. The minimum Gasteiger partial charge on any atom is -0.463 e. The van der Waals surface area contributed by atoms with Crippen LogP contribution in [0.1, 0.15) is 27.7 Å². The maximum Gasteiger partial charge on any atom is 0.303 e. The third-order valence-electron chi connectivity index (χ3n) is 5.30. The van der Waals surface area contributed by atoms with Gasteiger partial charge in [-0.1, -0.05) is 0 Å². The molecular weight excluding hydrogens is 464 g/mol. The van der Waals surface area contributed by atoms with E-state index in [9.17, 15) is 29.4 Å². The second kappa shape index (κ2) is 10.9. The minimum atomic E-state index is -1.73. The van der Waals surface area contributed by atoms with Gasteiger partial charge in [-0.05, 0) is 0 Å². The Balaban J connectivity index is 1.83. The van der Waals surface area contributed by atoms with E-state index in [1.807, 2.05) is 0 Å². The molecule has 192 valence electrons. The van der Waals surface area contributed by atoms with Gasteiger partial charge in [0.05, 0.1) is 6.61 Å². The number of hydrogen-bond acceptors (Lipinski definition) is 14. The number of rotatable bonds is 7. The fourth-order valence-corrected chi connectivity index (χ4v) is 3.99. The van der Waals surface area contributed by atoms with Crippen molar-refractivity contribution in [1.82, 2.24) is 0 Å². The summed E-state index contributed by atoms with van der Waals surface area (Å²) in [5.41, 5.74) is 0. The van der Waals surface area contributed by atoms with Gasteiger partial charge in [0.1, 0.15) is 37.1 Å². The van der Waals surface area contributed by atoms with Gasteiger partial charge in [0, 0.05) is 27.7 Å². The SMILES string of the molecule is CC(=O)OC[C@H]1O[C@@H](O[C@H]2[C@H](OC(C)=O)[C@@H](OC(C)=O)[C@@H]3OC[C@H]2O3)[C@@H](O)[C@@H](O)[C@@H]1OC(C)=O. The van der Waals surface area contributed by atoms with E-state index in [1.54, 1.807) is 0 Å². The summed E-state index contributed by atoms with van der Waals surface area (Å²) in [6, 6.07) is 0. The number of ether oxygens (including phenoxy) is 8. The average Bonchev–Trinajstić information content (AvgIpc) is 3.17. The highest BCUT2D eigenvalue weighted by Crippen LogP contribution is 2.36. The summed E-state index contributed by atoms with van der Waals surface area (Å²) in [5, 5.41) is 21.2. The molecule has 3 rings (SSSR count). The van der Waals surface area contributed by atoms with Crippen LogP contribution in [-0.4, -0.2) is 109 Å². The number of carbonyl (C=O) groups is 4. The van der Waals surface area contributed by atoms with Crippen LogP contribution >= 0.6 is 0 Å². The molecule has 14 heteroatoms. The molecule has 3 saturated heterocycles. The summed E-state index contributed by atoms with van der Waals surface area (Å²) in [4.78, 5) is 46.1. The van der Waals surface area contributed by atoms with Crippen molar-refractivity contribution in [2.24, 2.45) is 0 Å².